The van der Waals surface area contributed by atoms with E-state index in [0.29, 0.717) is 21.2 Å². The van der Waals surface area contributed by atoms with Gasteiger partial charge in [0.2, 0.25) is 0 Å². The third-order valence-corrected chi connectivity index (χ3v) is 4.07. The van der Waals surface area contributed by atoms with Gasteiger partial charge in [-0.1, -0.05) is 39.1 Å². The van der Waals surface area contributed by atoms with Crippen LogP contribution in [0.3, 0.4) is 0 Å². The average molecular weight is 363 g/mol. The molecule has 1 atom stereocenters. The lowest BCUT2D eigenvalue weighted by atomic mass is 9.98. The SMILES string of the molecule is Cc1cc(C(N)c2cc(Br)ccc2Cl)c(Cl)cc1F. The van der Waals surface area contributed by atoms with E-state index in [2.05, 4.69) is 15.9 Å². The number of aryl methyl sites for hydroxylation is 1. The highest BCUT2D eigenvalue weighted by Crippen LogP contribution is 2.33. The standard InChI is InChI=1S/C14H11BrCl2FN/c1-7-4-9(12(17)6-13(7)18)14(19)10-5-8(15)2-3-11(10)16/h2-6,14H,19H2,1H3. The summed E-state index contributed by atoms with van der Waals surface area (Å²) in [6, 6.07) is 7.85. The Hall–Kier alpha value is -0.610. The van der Waals surface area contributed by atoms with Crippen molar-refractivity contribution < 1.29 is 4.39 Å². The summed E-state index contributed by atoms with van der Waals surface area (Å²) in [6.45, 7) is 1.67. The van der Waals surface area contributed by atoms with Crippen molar-refractivity contribution >= 4 is 39.1 Å². The highest BCUT2D eigenvalue weighted by molar-refractivity contribution is 9.10. The van der Waals surface area contributed by atoms with E-state index in [-0.39, 0.29) is 5.82 Å². The second kappa shape index (κ2) is 5.80. The maximum Gasteiger partial charge on any atom is 0.127 e. The summed E-state index contributed by atoms with van der Waals surface area (Å²) in [4.78, 5) is 0. The molecule has 2 aromatic rings. The molecule has 2 N–H and O–H groups in total. The molecule has 0 radical (unpaired) electrons. The second-order valence-corrected chi connectivity index (χ2v) is 6.00. The van der Waals surface area contributed by atoms with Crippen LogP contribution >= 0.6 is 39.1 Å². The molecule has 0 aromatic heterocycles. The van der Waals surface area contributed by atoms with E-state index < -0.39 is 6.04 Å². The first-order valence-electron chi connectivity index (χ1n) is 5.56. The molecule has 100 valence electrons. The highest BCUT2D eigenvalue weighted by atomic mass is 79.9. The van der Waals surface area contributed by atoms with Crippen LogP contribution in [0.4, 0.5) is 4.39 Å². The minimum atomic E-state index is -0.503. The highest BCUT2D eigenvalue weighted by Gasteiger charge is 2.17. The normalized spacial score (nSPS) is 12.5. The Morgan fingerprint density at radius 3 is 2.42 bits per heavy atom. The van der Waals surface area contributed by atoms with Gasteiger partial charge in [-0.05, 0) is 53.9 Å². The van der Waals surface area contributed by atoms with Gasteiger partial charge in [-0.2, -0.15) is 0 Å². The van der Waals surface area contributed by atoms with Crippen molar-refractivity contribution in [1.82, 2.24) is 0 Å². The van der Waals surface area contributed by atoms with Crippen LogP contribution in [-0.4, -0.2) is 0 Å². The molecule has 5 heteroatoms. The largest absolute Gasteiger partial charge is 0.320 e. The van der Waals surface area contributed by atoms with E-state index in [1.807, 2.05) is 12.1 Å². The molecule has 0 saturated heterocycles. The predicted octanol–water partition coefficient (Wildman–Crippen LogP) is 5.25. The van der Waals surface area contributed by atoms with Gasteiger partial charge < -0.3 is 5.73 Å². The molecule has 2 aromatic carbocycles. The number of hydrogen-bond donors (Lipinski definition) is 1. The molecule has 0 spiro atoms. The maximum absolute atomic E-state index is 13.4. The van der Waals surface area contributed by atoms with Crippen molar-refractivity contribution in [2.45, 2.75) is 13.0 Å². The summed E-state index contributed by atoms with van der Waals surface area (Å²) < 4.78 is 14.3. The minimum absolute atomic E-state index is 0.298. The van der Waals surface area contributed by atoms with Gasteiger partial charge in [-0.15, -0.1) is 0 Å². The monoisotopic (exact) mass is 361 g/mol. The first-order chi connectivity index (χ1) is 8.90. The van der Waals surface area contributed by atoms with Crippen molar-refractivity contribution in [2.24, 2.45) is 5.73 Å². The van der Waals surface area contributed by atoms with Gasteiger partial charge in [0.15, 0.2) is 0 Å². The van der Waals surface area contributed by atoms with E-state index in [4.69, 9.17) is 28.9 Å². The number of rotatable bonds is 2. The smallest absolute Gasteiger partial charge is 0.127 e. The molecule has 0 aliphatic carbocycles. The van der Waals surface area contributed by atoms with Crippen LogP contribution in [0.1, 0.15) is 22.7 Å². The number of hydrogen-bond acceptors (Lipinski definition) is 1. The zero-order chi connectivity index (χ0) is 14.2. The summed E-state index contributed by atoms with van der Waals surface area (Å²) in [5.41, 5.74) is 8.09. The van der Waals surface area contributed by atoms with Crippen LogP contribution in [0.25, 0.3) is 0 Å². The first-order valence-corrected chi connectivity index (χ1v) is 7.11. The van der Waals surface area contributed by atoms with Gasteiger partial charge in [-0.3, -0.25) is 0 Å². The van der Waals surface area contributed by atoms with Crippen molar-refractivity contribution in [3.05, 3.63) is 67.4 Å². The summed E-state index contributed by atoms with van der Waals surface area (Å²) in [6.07, 6.45) is 0. The molecule has 0 heterocycles. The maximum atomic E-state index is 13.4. The fraction of sp³-hybridized carbons (Fsp3) is 0.143. The molecule has 0 bridgehead atoms. The van der Waals surface area contributed by atoms with Crippen molar-refractivity contribution in [3.8, 4) is 0 Å². The molecular formula is C14H11BrCl2FN. The van der Waals surface area contributed by atoms with Crippen molar-refractivity contribution in [2.75, 3.05) is 0 Å². The van der Waals surface area contributed by atoms with Crippen LogP contribution in [-0.2, 0) is 0 Å². The lowest BCUT2D eigenvalue weighted by Crippen LogP contribution is -2.13. The van der Waals surface area contributed by atoms with Crippen LogP contribution in [0.2, 0.25) is 10.0 Å². The third-order valence-electron chi connectivity index (χ3n) is 2.91. The van der Waals surface area contributed by atoms with Gasteiger partial charge in [-0.25, -0.2) is 4.39 Å². The van der Waals surface area contributed by atoms with Crippen LogP contribution in [0.5, 0.6) is 0 Å². The molecule has 1 nitrogen and oxygen atoms in total. The topological polar surface area (TPSA) is 26.0 Å². The van der Waals surface area contributed by atoms with E-state index in [9.17, 15) is 4.39 Å². The number of benzene rings is 2. The molecule has 1 unspecified atom stereocenters. The van der Waals surface area contributed by atoms with Gasteiger partial charge in [0.05, 0.1) is 6.04 Å². The van der Waals surface area contributed by atoms with Crippen molar-refractivity contribution in [1.29, 1.82) is 0 Å². The second-order valence-electron chi connectivity index (χ2n) is 4.27. The van der Waals surface area contributed by atoms with Crippen LogP contribution in [0.15, 0.2) is 34.8 Å². The lowest BCUT2D eigenvalue weighted by molar-refractivity contribution is 0.617. The van der Waals surface area contributed by atoms with E-state index >= 15 is 0 Å². The molecule has 0 saturated carbocycles. The molecule has 0 aliphatic heterocycles. The first kappa shape index (κ1) is 14.8. The van der Waals surface area contributed by atoms with Gasteiger partial charge >= 0.3 is 0 Å². The van der Waals surface area contributed by atoms with Crippen LogP contribution in [0, 0.1) is 12.7 Å². The lowest BCUT2D eigenvalue weighted by Gasteiger charge is -2.17. The average Bonchev–Trinajstić information content (AvgIpc) is 2.36. The van der Waals surface area contributed by atoms with Crippen molar-refractivity contribution in [3.63, 3.8) is 0 Å². The van der Waals surface area contributed by atoms with E-state index in [1.165, 1.54) is 6.07 Å². The predicted molar refractivity (Wildman–Crippen MR) is 81.3 cm³/mol. The Balaban J connectivity index is 2.52. The zero-order valence-electron chi connectivity index (χ0n) is 10.1. The quantitative estimate of drug-likeness (QED) is 0.775. The molecule has 0 aliphatic rings. The van der Waals surface area contributed by atoms with Crippen LogP contribution < -0.4 is 5.73 Å². The van der Waals surface area contributed by atoms with E-state index in [0.717, 1.165) is 10.0 Å². The Morgan fingerprint density at radius 1 is 1.11 bits per heavy atom. The van der Waals surface area contributed by atoms with E-state index in [1.54, 1.807) is 19.1 Å². The molecule has 2 rings (SSSR count). The molecule has 0 amide bonds. The van der Waals surface area contributed by atoms with Gasteiger partial charge in [0, 0.05) is 14.5 Å². The zero-order valence-corrected chi connectivity index (χ0v) is 13.2. The minimum Gasteiger partial charge on any atom is -0.320 e. The molecule has 19 heavy (non-hydrogen) atoms. The number of halogens is 4. The molecular weight excluding hydrogens is 352 g/mol. The summed E-state index contributed by atoms with van der Waals surface area (Å²) in [7, 11) is 0. The van der Waals surface area contributed by atoms with Gasteiger partial charge in [0.25, 0.3) is 0 Å². The summed E-state index contributed by atoms with van der Waals surface area (Å²) >= 11 is 15.6. The Kier molecular flexibility index (Phi) is 4.51. The van der Waals surface area contributed by atoms with Gasteiger partial charge in [0.1, 0.15) is 5.82 Å². The third kappa shape index (κ3) is 3.11. The summed E-state index contributed by atoms with van der Waals surface area (Å²) in [5.74, 6) is -0.346. The fourth-order valence-corrected chi connectivity index (χ4v) is 2.72. The summed E-state index contributed by atoms with van der Waals surface area (Å²) in [5, 5.41) is 0.848. The molecule has 0 fully saturated rings. The Bertz CT molecular complexity index is 631. The Labute approximate surface area is 129 Å². The Morgan fingerprint density at radius 2 is 1.74 bits per heavy atom. The number of nitrogens with two attached hydrogens (primary N) is 1. The fourth-order valence-electron chi connectivity index (χ4n) is 1.84.